The Balaban J connectivity index is 2.02. The molecule has 5 nitrogen and oxygen atoms in total. The first-order chi connectivity index (χ1) is 10.7. The number of esters is 1. The highest BCUT2D eigenvalue weighted by molar-refractivity contribution is 5.95. The lowest BCUT2D eigenvalue weighted by molar-refractivity contribution is 0.0520. The Kier molecular flexibility index (Phi) is 5.83. The van der Waals surface area contributed by atoms with Crippen LogP contribution in [0.3, 0.4) is 0 Å². The predicted octanol–water partition coefficient (Wildman–Crippen LogP) is 3.07. The van der Waals surface area contributed by atoms with Gasteiger partial charge in [-0.05, 0) is 44.3 Å². The quantitative estimate of drug-likeness (QED) is 0.762. The van der Waals surface area contributed by atoms with Gasteiger partial charge >= 0.3 is 5.97 Å². The van der Waals surface area contributed by atoms with Gasteiger partial charge < -0.3 is 19.4 Å². The van der Waals surface area contributed by atoms with Crippen molar-refractivity contribution in [1.82, 2.24) is 9.88 Å². The topological polar surface area (TPSA) is 54.6 Å². The van der Waals surface area contributed by atoms with Gasteiger partial charge in [0.05, 0.1) is 6.61 Å². The van der Waals surface area contributed by atoms with Gasteiger partial charge in [0.25, 0.3) is 0 Å². The van der Waals surface area contributed by atoms with Crippen LogP contribution < -0.4 is 4.74 Å². The molecule has 120 valence electrons. The van der Waals surface area contributed by atoms with Crippen LogP contribution in [-0.4, -0.2) is 48.7 Å². The summed E-state index contributed by atoms with van der Waals surface area (Å²) in [5.74, 6) is 0.483. The molecule has 0 saturated carbocycles. The van der Waals surface area contributed by atoms with Crippen LogP contribution in [0.4, 0.5) is 0 Å². The molecule has 1 heterocycles. The fourth-order valence-electron chi connectivity index (χ4n) is 2.35. The summed E-state index contributed by atoms with van der Waals surface area (Å²) in [7, 11) is 0. The fraction of sp³-hybridized carbons (Fsp3) is 0.471. The molecule has 0 radical (unpaired) electrons. The Hall–Kier alpha value is -2.01. The van der Waals surface area contributed by atoms with Crippen LogP contribution in [0.15, 0.2) is 24.3 Å². The third-order valence-corrected chi connectivity index (χ3v) is 3.66. The second-order valence-electron chi connectivity index (χ2n) is 5.03. The van der Waals surface area contributed by atoms with Gasteiger partial charge in [-0.15, -0.1) is 0 Å². The highest BCUT2D eigenvalue weighted by Crippen LogP contribution is 2.22. The Labute approximate surface area is 131 Å². The van der Waals surface area contributed by atoms with Crippen LogP contribution in [0.25, 0.3) is 10.9 Å². The van der Waals surface area contributed by atoms with Gasteiger partial charge in [0, 0.05) is 17.4 Å². The number of aromatic nitrogens is 1. The smallest absolute Gasteiger partial charge is 0.354 e. The van der Waals surface area contributed by atoms with E-state index in [0.717, 1.165) is 36.3 Å². The van der Waals surface area contributed by atoms with Crippen molar-refractivity contribution in [1.29, 1.82) is 0 Å². The number of likely N-dealkylation sites (N-methyl/N-ethyl adjacent to an activating group) is 1. The number of ether oxygens (including phenoxy) is 2. The monoisotopic (exact) mass is 304 g/mol. The Morgan fingerprint density at radius 2 is 1.95 bits per heavy atom. The molecule has 0 bridgehead atoms. The standard InChI is InChI=1S/C17H24N2O3/c1-4-19(5-2)9-10-22-14-7-8-15-13(11-14)12-16(18-15)17(20)21-6-3/h7-8,11-12,18H,4-6,9-10H2,1-3H3. The van der Waals surface area contributed by atoms with Crippen LogP contribution in [0.5, 0.6) is 5.75 Å². The maximum atomic E-state index is 11.7. The van der Waals surface area contributed by atoms with Crippen LogP contribution in [-0.2, 0) is 4.74 Å². The van der Waals surface area contributed by atoms with Crippen molar-refractivity contribution in [3.8, 4) is 5.75 Å². The third kappa shape index (κ3) is 4.01. The first kappa shape index (κ1) is 16.4. The van der Waals surface area contributed by atoms with E-state index in [1.165, 1.54) is 0 Å². The first-order valence-electron chi connectivity index (χ1n) is 7.83. The minimum Gasteiger partial charge on any atom is -0.492 e. The van der Waals surface area contributed by atoms with Crippen LogP contribution in [0, 0.1) is 0 Å². The third-order valence-electron chi connectivity index (χ3n) is 3.66. The van der Waals surface area contributed by atoms with Gasteiger partial charge in [0.2, 0.25) is 0 Å². The summed E-state index contributed by atoms with van der Waals surface area (Å²) in [6.45, 7) is 10.1. The molecule has 0 atom stereocenters. The zero-order valence-electron chi connectivity index (χ0n) is 13.5. The number of aromatic amines is 1. The molecule has 0 unspecified atom stereocenters. The van der Waals surface area contributed by atoms with Crippen molar-refractivity contribution in [2.24, 2.45) is 0 Å². The summed E-state index contributed by atoms with van der Waals surface area (Å²) in [6.07, 6.45) is 0. The van der Waals surface area contributed by atoms with E-state index in [9.17, 15) is 4.79 Å². The number of benzene rings is 1. The molecule has 22 heavy (non-hydrogen) atoms. The molecule has 2 aromatic rings. The number of hydrogen-bond donors (Lipinski definition) is 1. The van der Waals surface area contributed by atoms with E-state index < -0.39 is 0 Å². The molecule has 0 fully saturated rings. The minimum absolute atomic E-state index is 0.331. The van der Waals surface area contributed by atoms with E-state index in [4.69, 9.17) is 9.47 Å². The van der Waals surface area contributed by atoms with E-state index in [1.807, 2.05) is 18.2 Å². The molecular weight excluding hydrogens is 280 g/mol. The number of carbonyl (C=O) groups excluding carboxylic acids is 1. The van der Waals surface area contributed by atoms with Crippen LogP contribution in [0.2, 0.25) is 0 Å². The van der Waals surface area contributed by atoms with Crippen molar-refractivity contribution in [3.05, 3.63) is 30.0 Å². The highest BCUT2D eigenvalue weighted by atomic mass is 16.5. The van der Waals surface area contributed by atoms with Crippen LogP contribution in [0.1, 0.15) is 31.3 Å². The van der Waals surface area contributed by atoms with E-state index in [2.05, 4.69) is 23.7 Å². The number of fused-ring (bicyclic) bond motifs is 1. The molecule has 5 heteroatoms. The maximum Gasteiger partial charge on any atom is 0.354 e. The number of H-pyrrole nitrogens is 1. The first-order valence-corrected chi connectivity index (χ1v) is 7.83. The maximum absolute atomic E-state index is 11.7. The zero-order chi connectivity index (χ0) is 15.9. The van der Waals surface area contributed by atoms with Gasteiger partial charge in [0.15, 0.2) is 0 Å². The summed E-state index contributed by atoms with van der Waals surface area (Å²) in [6, 6.07) is 7.57. The summed E-state index contributed by atoms with van der Waals surface area (Å²) >= 11 is 0. The van der Waals surface area contributed by atoms with E-state index >= 15 is 0 Å². The number of nitrogens with zero attached hydrogens (tertiary/aromatic N) is 1. The van der Waals surface area contributed by atoms with Gasteiger partial charge in [-0.1, -0.05) is 13.8 Å². The average Bonchev–Trinajstić information content (AvgIpc) is 2.95. The SMILES string of the molecule is CCOC(=O)c1cc2cc(OCCN(CC)CC)ccc2[nH]1. The summed E-state index contributed by atoms with van der Waals surface area (Å²) in [5.41, 5.74) is 1.37. The van der Waals surface area contributed by atoms with Crippen LogP contribution >= 0.6 is 0 Å². The second kappa shape index (κ2) is 7.84. The molecule has 1 aromatic carbocycles. The molecule has 1 aromatic heterocycles. The normalized spacial score (nSPS) is 11.1. The molecule has 0 aliphatic carbocycles. The van der Waals surface area contributed by atoms with Gasteiger partial charge in [-0.3, -0.25) is 0 Å². The summed E-state index contributed by atoms with van der Waals surface area (Å²) in [4.78, 5) is 17.1. The zero-order valence-corrected chi connectivity index (χ0v) is 13.5. The number of rotatable bonds is 8. The van der Waals surface area contributed by atoms with Gasteiger partial charge in [-0.25, -0.2) is 4.79 Å². The fourth-order valence-corrected chi connectivity index (χ4v) is 2.35. The lowest BCUT2D eigenvalue weighted by Gasteiger charge is -2.17. The molecular formula is C17H24N2O3. The summed E-state index contributed by atoms with van der Waals surface area (Å²) < 4.78 is 10.8. The molecule has 0 saturated heterocycles. The van der Waals surface area contributed by atoms with Gasteiger partial charge in [0.1, 0.15) is 18.1 Å². The lowest BCUT2D eigenvalue weighted by Crippen LogP contribution is -2.27. The molecule has 1 N–H and O–H groups in total. The lowest BCUT2D eigenvalue weighted by atomic mass is 10.2. The van der Waals surface area contributed by atoms with E-state index in [0.29, 0.717) is 18.9 Å². The average molecular weight is 304 g/mol. The van der Waals surface area contributed by atoms with E-state index in [1.54, 1.807) is 13.0 Å². The summed E-state index contributed by atoms with van der Waals surface area (Å²) in [5, 5.41) is 0.948. The van der Waals surface area contributed by atoms with E-state index in [-0.39, 0.29) is 5.97 Å². The minimum atomic E-state index is -0.331. The molecule has 0 amide bonds. The van der Waals surface area contributed by atoms with Crippen molar-refractivity contribution in [3.63, 3.8) is 0 Å². The van der Waals surface area contributed by atoms with Crippen molar-refractivity contribution < 1.29 is 14.3 Å². The largest absolute Gasteiger partial charge is 0.492 e. The highest BCUT2D eigenvalue weighted by Gasteiger charge is 2.10. The molecule has 2 rings (SSSR count). The Morgan fingerprint density at radius 1 is 1.18 bits per heavy atom. The Morgan fingerprint density at radius 3 is 2.64 bits per heavy atom. The predicted molar refractivity (Wildman–Crippen MR) is 87.5 cm³/mol. The van der Waals surface area contributed by atoms with Crippen molar-refractivity contribution in [2.45, 2.75) is 20.8 Å². The van der Waals surface area contributed by atoms with Gasteiger partial charge in [-0.2, -0.15) is 0 Å². The second-order valence-corrected chi connectivity index (χ2v) is 5.03. The van der Waals surface area contributed by atoms with Crippen molar-refractivity contribution in [2.75, 3.05) is 32.8 Å². The number of carbonyl (C=O) groups is 1. The Bertz CT molecular complexity index is 617. The molecule has 0 spiro atoms. The molecule has 0 aliphatic heterocycles. The number of nitrogens with one attached hydrogen (secondary N) is 1. The van der Waals surface area contributed by atoms with Crippen molar-refractivity contribution >= 4 is 16.9 Å². The number of hydrogen-bond acceptors (Lipinski definition) is 4. The molecule has 0 aliphatic rings.